The highest BCUT2D eigenvalue weighted by molar-refractivity contribution is 6.05. The van der Waals surface area contributed by atoms with Gasteiger partial charge in [0, 0.05) is 5.56 Å². The summed E-state index contributed by atoms with van der Waals surface area (Å²) in [5.74, 6) is -0.203. The van der Waals surface area contributed by atoms with Crippen LogP contribution in [-0.2, 0) is 0 Å². The molecule has 0 unspecified atom stereocenters. The van der Waals surface area contributed by atoms with Gasteiger partial charge in [0.1, 0.15) is 6.07 Å². The number of hydrogen-bond donors (Lipinski definition) is 1. The van der Waals surface area contributed by atoms with Crippen molar-refractivity contribution in [1.29, 1.82) is 5.26 Å². The first-order valence-electron chi connectivity index (χ1n) is 5.99. The highest BCUT2D eigenvalue weighted by Crippen LogP contribution is 2.16. The fourth-order valence-corrected chi connectivity index (χ4v) is 1.77. The third kappa shape index (κ3) is 2.80. The van der Waals surface area contributed by atoms with Crippen LogP contribution in [0.15, 0.2) is 42.5 Å². The largest absolute Gasteiger partial charge is 0.321 e. The highest BCUT2D eigenvalue weighted by Gasteiger charge is 2.09. The monoisotopic (exact) mass is 250 g/mol. The fourth-order valence-electron chi connectivity index (χ4n) is 1.77. The summed E-state index contributed by atoms with van der Waals surface area (Å²) in [5, 5.41) is 11.7. The van der Waals surface area contributed by atoms with Crippen molar-refractivity contribution in [3.63, 3.8) is 0 Å². The second-order valence-corrected chi connectivity index (χ2v) is 4.41. The molecule has 0 fully saturated rings. The molecule has 0 saturated carbocycles. The highest BCUT2D eigenvalue weighted by atomic mass is 16.1. The minimum Gasteiger partial charge on any atom is -0.321 e. The standard InChI is InChI=1S/C16H14N2O/c1-11-7-8-13(9-12(11)2)16(19)18-15-6-4-3-5-14(15)10-17/h3-9H,1-2H3,(H,18,19). The van der Waals surface area contributed by atoms with Crippen LogP contribution in [0, 0.1) is 25.2 Å². The zero-order chi connectivity index (χ0) is 13.8. The van der Waals surface area contributed by atoms with Crippen molar-refractivity contribution < 1.29 is 4.79 Å². The van der Waals surface area contributed by atoms with Crippen LogP contribution in [-0.4, -0.2) is 5.91 Å². The van der Waals surface area contributed by atoms with E-state index in [2.05, 4.69) is 11.4 Å². The lowest BCUT2D eigenvalue weighted by molar-refractivity contribution is 0.102. The maximum Gasteiger partial charge on any atom is 0.255 e. The van der Waals surface area contributed by atoms with Gasteiger partial charge in [-0.05, 0) is 49.2 Å². The molecule has 2 aromatic carbocycles. The van der Waals surface area contributed by atoms with Gasteiger partial charge in [0.2, 0.25) is 0 Å². The van der Waals surface area contributed by atoms with Crippen molar-refractivity contribution in [2.75, 3.05) is 5.32 Å². The second-order valence-electron chi connectivity index (χ2n) is 4.41. The van der Waals surface area contributed by atoms with E-state index in [1.807, 2.05) is 26.0 Å². The van der Waals surface area contributed by atoms with Crippen LogP contribution in [0.5, 0.6) is 0 Å². The normalized spacial score (nSPS) is 9.74. The number of nitrogens with one attached hydrogen (secondary N) is 1. The zero-order valence-corrected chi connectivity index (χ0v) is 10.9. The number of nitrogens with zero attached hydrogens (tertiary/aromatic N) is 1. The predicted octanol–water partition coefficient (Wildman–Crippen LogP) is 3.43. The van der Waals surface area contributed by atoms with Crippen molar-refractivity contribution >= 4 is 11.6 Å². The molecule has 0 aliphatic heterocycles. The van der Waals surface area contributed by atoms with Crippen molar-refractivity contribution in [3.05, 3.63) is 64.7 Å². The number of para-hydroxylation sites is 1. The molecule has 2 rings (SSSR count). The molecule has 94 valence electrons. The van der Waals surface area contributed by atoms with Gasteiger partial charge in [-0.15, -0.1) is 0 Å². The van der Waals surface area contributed by atoms with Gasteiger partial charge in [0.15, 0.2) is 0 Å². The number of carbonyl (C=O) groups is 1. The molecule has 0 saturated heterocycles. The summed E-state index contributed by atoms with van der Waals surface area (Å²) in [6.07, 6.45) is 0. The van der Waals surface area contributed by atoms with Crippen molar-refractivity contribution in [3.8, 4) is 6.07 Å². The van der Waals surface area contributed by atoms with Crippen LogP contribution in [0.1, 0.15) is 27.0 Å². The lowest BCUT2D eigenvalue weighted by Gasteiger charge is -2.08. The molecule has 0 aromatic heterocycles. The van der Waals surface area contributed by atoms with E-state index < -0.39 is 0 Å². The van der Waals surface area contributed by atoms with Gasteiger partial charge >= 0.3 is 0 Å². The van der Waals surface area contributed by atoms with Crippen LogP contribution in [0.2, 0.25) is 0 Å². The van der Waals surface area contributed by atoms with Gasteiger partial charge in [0.25, 0.3) is 5.91 Å². The van der Waals surface area contributed by atoms with Gasteiger partial charge in [0.05, 0.1) is 11.3 Å². The van der Waals surface area contributed by atoms with Gasteiger partial charge < -0.3 is 5.32 Å². The first-order chi connectivity index (χ1) is 9.11. The van der Waals surface area contributed by atoms with E-state index in [9.17, 15) is 4.79 Å². The maximum absolute atomic E-state index is 12.1. The SMILES string of the molecule is Cc1ccc(C(=O)Nc2ccccc2C#N)cc1C. The summed E-state index contributed by atoms with van der Waals surface area (Å²) >= 11 is 0. The Morgan fingerprint density at radius 1 is 1.11 bits per heavy atom. The quantitative estimate of drug-likeness (QED) is 0.887. The number of carbonyl (C=O) groups excluding carboxylic acids is 1. The molecule has 2 aromatic rings. The van der Waals surface area contributed by atoms with Gasteiger partial charge in [-0.3, -0.25) is 4.79 Å². The van der Waals surface area contributed by atoms with Gasteiger partial charge in [-0.25, -0.2) is 0 Å². The molecule has 0 atom stereocenters. The van der Waals surface area contributed by atoms with Crippen LogP contribution >= 0.6 is 0 Å². The van der Waals surface area contributed by atoms with E-state index in [1.54, 1.807) is 30.3 Å². The molecule has 1 N–H and O–H groups in total. The molecule has 0 heterocycles. The summed E-state index contributed by atoms with van der Waals surface area (Å²) in [4.78, 5) is 12.1. The van der Waals surface area contributed by atoms with Crippen LogP contribution in [0.4, 0.5) is 5.69 Å². The maximum atomic E-state index is 12.1. The summed E-state index contributed by atoms with van der Waals surface area (Å²) in [6.45, 7) is 3.97. The molecular weight excluding hydrogens is 236 g/mol. The van der Waals surface area contributed by atoms with Gasteiger partial charge in [-0.2, -0.15) is 5.26 Å². The third-order valence-corrected chi connectivity index (χ3v) is 3.06. The lowest BCUT2D eigenvalue weighted by Crippen LogP contribution is -2.13. The third-order valence-electron chi connectivity index (χ3n) is 3.06. The zero-order valence-electron chi connectivity index (χ0n) is 10.9. The molecule has 0 aliphatic carbocycles. The molecule has 0 bridgehead atoms. The van der Waals surface area contributed by atoms with E-state index in [0.29, 0.717) is 16.8 Å². The van der Waals surface area contributed by atoms with Crippen LogP contribution in [0.25, 0.3) is 0 Å². The average molecular weight is 250 g/mol. The topological polar surface area (TPSA) is 52.9 Å². The molecule has 1 amide bonds. The minimum atomic E-state index is -0.203. The van der Waals surface area contributed by atoms with Gasteiger partial charge in [-0.1, -0.05) is 18.2 Å². The van der Waals surface area contributed by atoms with E-state index in [-0.39, 0.29) is 5.91 Å². The molecule has 3 heteroatoms. The Morgan fingerprint density at radius 2 is 1.84 bits per heavy atom. The molecule has 3 nitrogen and oxygen atoms in total. The number of amides is 1. The average Bonchev–Trinajstić information content (AvgIpc) is 2.42. The minimum absolute atomic E-state index is 0.203. The Hall–Kier alpha value is -2.60. The lowest BCUT2D eigenvalue weighted by atomic mass is 10.1. The number of rotatable bonds is 2. The smallest absolute Gasteiger partial charge is 0.255 e. The Balaban J connectivity index is 2.26. The van der Waals surface area contributed by atoms with E-state index in [4.69, 9.17) is 5.26 Å². The number of aryl methyl sites for hydroxylation is 2. The predicted molar refractivity (Wildman–Crippen MR) is 75.0 cm³/mol. The van der Waals surface area contributed by atoms with Crippen LogP contribution in [0.3, 0.4) is 0 Å². The Kier molecular flexibility index (Phi) is 3.63. The summed E-state index contributed by atoms with van der Waals surface area (Å²) < 4.78 is 0. The molecule has 0 spiro atoms. The summed E-state index contributed by atoms with van der Waals surface area (Å²) in [6, 6.07) is 14.6. The van der Waals surface area contributed by atoms with E-state index in [1.165, 1.54) is 0 Å². The number of benzene rings is 2. The fraction of sp³-hybridized carbons (Fsp3) is 0.125. The second kappa shape index (κ2) is 5.36. The van der Waals surface area contributed by atoms with Crippen molar-refractivity contribution in [2.24, 2.45) is 0 Å². The molecular formula is C16H14N2O. The van der Waals surface area contributed by atoms with E-state index >= 15 is 0 Å². The molecule has 19 heavy (non-hydrogen) atoms. The molecule has 0 aliphatic rings. The Morgan fingerprint density at radius 3 is 2.53 bits per heavy atom. The Labute approximate surface area is 112 Å². The van der Waals surface area contributed by atoms with Crippen molar-refractivity contribution in [2.45, 2.75) is 13.8 Å². The molecule has 0 radical (unpaired) electrons. The number of hydrogen-bond acceptors (Lipinski definition) is 2. The summed E-state index contributed by atoms with van der Waals surface area (Å²) in [5.41, 5.74) is 3.80. The first-order valence-corrected chi connectivity index (χ1v) is 5.99. The number of nitriles is 1. The number of anilines is 1. The van der Waals surface area contributed by atoms with E-state index in [0.717, 1.165) is 11.1 Å². The summed E-state index contributed by atoms with van der Waals surface area (Å²) in [7, 11) is 0. The first kappa shape index (κ1) is 12.8. The Bertz CT molecular complexity index is 669. The van der Waals surface area contributed by atoms with Crippen LogP contribution < -0.4 is 5.32 Å². The van der Waals surface area contributed by atoms with Crippen molar-refractivity contribution in [1.82, 2.24) is 0 Å².